The number of halogens is 2. The van der Waals surface area contributed by atoms with E-state index in [2.05, 4.69) is 5.32 Å². The fraction of sp³-hybridized carbons (Fsp3) is 0.857. The van der Waals surface area contributed by atoms with Crippen LogP contribution in [-0.4, -0.2) is 52.5 Å². The second-order valence-electron chi connectivity index (χ2n) is 3.11. The molecule has 0 saturated heterocycles. The first-order valence-corrected chi connectivity index (χ1v) is 3.90. The van der Waals surface area contributed by atoms with Crippen molar-refractivity contribution in [3.8, 4) is 0 Å². The molecule has 14 heavy (non-hydrogen) atoms. The fourth-order valence-electron chi connectivity index (χ4n) is 0.628. The van der Waals surface area contributed by atoms with Crippen LogP contribution in [0.15, 0.2) is 0 Å². The van der Waals surface area contributed by atoms with Crippen molar-refractivity contribution < 1.29 is 28.9 Å². The Morgan fingerprint density at radius 2 is 2.07 bits per heavy atom. The first-order chi connectivity index (χ1) is 6.27. The van der Waals surface area contributed by atoms with Crippen LogP contribution in [-0.2, 0) is 4.79 Å². The molecule has 0 radical (unpaired) electrons. The molecule has 5 nitrogen and oxygen atoms in total. The predicted molar refractivity (Wildman–Crippen MR) is 43.1 cm³/mol. The van der Waals surface area contributed by atoms with Gasteiger partial charge in [0.05, 0.1) is 0 Å². The van der Waals surface area contributed by atoms with Crippen LogP contribution < -0.4 is 5.32 Å². The summed E-state index contributed by atoms with van der Waals surface area (Å²) in [5, 5.41) is 28.4. The summed E-state index contributed by atoms with van der Waals surface area (Å²) in [6, 6.07) is 0. The van der Waals surface area contributed by atoms with Crippen molar-refractivity contribution in [3.63, 3.8) is 0 Å². The molecular formula is C7H13F2NO4. The van der Waals surface area contributed by atoms with Crippen LogP contribution in [0.3, 0.4) is 0 Å². The molecule has 0 spiro atoms. The molecule has 0 rings (SSSR count). The van der Waals surface area contributed by atoms with E-state index in [4.69, 9.17) is 15.3 Å². The van der Waals surface area contributed by atoms with E-state index in [1.54, 1.807) is 0 Å². The number of alkyl halides is 2. The minimum atomic E-state index is -2.89. The van der Waals surface area contributed by atoms with Gasteiger partial charge in [0.1, 0.15) is 6.10 Å². The van der Waals surface area contributed by atoms with E-state index in [0.717, 1.165) is 6.92 Å². The number of nitrogens with one attached hydrogen (secondary N) is 1. The normalized spacial score (nSPS) is 17.9. The Hall–Kier alpha value is -0.790. The van der Waals surface area contributed by atoms with E-state index >= 15 is 0 Å². The molecule has 0 amide bonds. The zero-order chi connectivity index (χ0) is 11.4. The largest absolute Gasteiger partial charge is 0.479 e. The van der Waals surface area contributed by atoms with Gasteiger partial charge >= 0.3 is 5.97 Å². The van der Waals surface area contributed by atoms with E-state index in [0.29, 0.717) is 0 Å². The van der Waals surface area contributed by atoms with Crippen molar-refractivity contribution in [1.82, 2.24) is 5.32 Å². The molecule has 0 aliphatic rings. The lowest BCUT2D eigenvalue weighted by Crippen LogP contribution is -2.47. The van der Waals surface area contributed by atoms with Crippen LogP contribution in [0.2, 0.25) is 0 Å². The molecule has 0 aromatic heterocycles. The third-order valence-electron chi connectivity index (χ3n) is 1.57. The van der Waals surface area contributed by atoms with E-state index in [1.807, 2.05) is 0 Å². The fourth-order valence-corrected chi connectivity index (χ4v) is 0.628. The number of carboxylic acids is 1. The van der Waals surface area contributed by atoms with Crippen molar-refractivity contribution in [2.45, 2.75) is 25.1 Å². The summed E-state index contributed by atoms with van der Waals surface area (Å²) < 4.78 is 23.5. The van der Waals surface area contributed by atoms with Crippen LogP contribution in [0.25, 0.3) is 0 Å². The zero-order valence-corrected chi connectivity index (χ0v) is 7.57. The molecule has 0 aliphatic carbocycles. The molecule has 0 aliphatic heterocycles. The third-order valence-corrected chi connectivity index (χ3v) is 1.57. The number of hydrogen-bond donors (Lipinski definition) is 4. The molecule has 0 heterocycles. The highest BCUT2D eigenvalue weighted by molar-refractivity contribution is 5.76. The summed E-state index contributed by atoms with van der Waals surface area (Å²) in [7, 11) is 0. The highest BCUT2D eigenvalue weighted by atomic mass is 19.3. The third kappa shape index (κ3) is 4.45. The van der Waals surface area contributed by atoms with Gasteiger partial charge in [-0.05, 0) is 6.92 Å². The summed E-state index contributed by atoms with van der Waals surface area (Å²) in [6.07, 6.45) is -4.75. The minimum Gasteiger partial charge on any atom is -0.479 e. The van der Waals surface area contributed by atoms with Crippen LogP contribution in [0, 0.1) is 0 Å². The Morgan fingerprint density at radius 3 is 2.43 bits per heavy atom. The summed E-state index contributed by atoms with van der Waals surface area (Å²) in [4.78, 5) is 10.3. The van der Waals surface area contributed by atoms with Gasteiger partial charge in [0.25, 0.3) is 6.43 Å². The average Bonchev–Trinajstić information content (AvgIpc) is 2.03. The molecule has 0 aromatic carbocycles. The summed E-state index contributed by atoms with van der Waals surface area (Å²) in [5.41, 5.74) is -2.03. The molecule has 2 unspecified atom stereocenters. The van der Waals surface area contributed by atoms with Gasteiger partial charge in [-0.1, -0.05) is 0 Å². The van der Waals surface area contributed by atoms with Crippen molar-refractivity contribution in [1.29, 1.82) is 0 Å². The van der Waals surface area contributed by atoms with Crippen molar-refractivity contribution in [2.24, 2.45) is 0 Å². The second-order valence-corrected chi connectivity index (χ2v) is 3.11. The highest BCUT2D eigenvalue weighted by Gasteiger charge is 2.29. The van der Waals surface area contributed by atoms with E-state index in [1.165, 1.54) is 0 Å². The van der Waals surface area contributed by atoms with Crippen molar-refractivity contribution >= 4 is 5.97 Å². The Labute approximate surface area is 79.4 Å². The maximum atomic E-state index is 11.7. The minimum absolute atomic E-state index is 0.411. The number of hydrogen-bond acceptors (Lipinski definition) is 4. The molecule has 7 heteroatoms. The maximum Gasteiger partial charge on any atom is 0.336 e. The van der Waals surface area contributed by atoms with Crippen molar-refractivity contribution in [3.05, 3.63) is 0 Å². The van der Waals surface area contributed by atoms with Gasteiger partial charge in [-0.3, -0.25) is 0 Å². The smallest absolute Gasteiger partial charge is 0.336 e. The number of aliphatic hydroxyl groups is 2. The molecular weight excluding hydrogens is 200 g/mol. The lowest BCUT2D eigenvalue weighted by molar-refractivity contribution is -0.156. The quantitative estimate of drug-likeness (QED) is 0.456. The first kappa shape index (κ1) is 13.2. The molecule has 4 N–H and O–H groups in total. The molecule has 0 saturated carbocycles. The molecule has 84 valence electrons. The lowest BCUT2D eigenvalue weighted by Gasteiger charge is -2.19. The van der Waals surface area contributed by atoms with Crippen LogP contribution in [0.5, 0.6) is 0 Å². The van der Waals surface area contributed by atoms with E-state index in [9.17, 15) is 13.6 Å². The Bertz CT molecular complexity index is 198. The molecule has 0 bridgehead atoms. The molecule has 0 fully saturated rings. The van der Waals surface area contributed by atoms with Gasteiger partial charge in [0.15, 0.2) is 5.60 Å². The van der Waals surface area contributed by atoms with Gasteiger partial charge in [0.2, 0.25) is 0 Å². The van der Waals surface area contributed by atoms with Gasteiger partial charge in [0, 0.05) is 13.1 Å². The highest BCUT2D eigenvalue weighted by Crippen LogP contribution is 2.02. The first-order valence-electron chi connectivity index (χ1n) is 3.90. The molecule has 2 atom stereocenters. The van der Waals surface area contributed by atoms with Crippen molar-refractivity contribution in [2.75, 3.05) is 13.1 Å². The van der Waals surface area contributed by atoms with E-state index in [-0.39, 0.29) is 0 Å². The number of carbonyl (C=O) groups is 1. The molecule has 0 aromatic rings. The second kappa shape index (κ2) is 5.18. The van der Waals surface area contributed by atoms with Crippen LogP contribution in [0.1, 0.15) is 6.92 Å². The summed E-state index contributed by atoms with van der Waals surface area (Å²) in [5.74, 6) is -1.46. The van der Waals surface area contributed by atoms with Crippen LogP contribution >= 0.6 is 0 Å². The Kier molecular flexibility index (Phi) is 4.89. The van der Waals surface area contributed by atoms with E-state index < -0.39 is 37.2 Å². The summed E-state index contributed by atoms with van der Waals surface area (Å²) >= 11 is 0. The average molecular weight is 213 g/mol. The predicted octanol–water partition coefficient (Wildman–Crippen LogP) is -0.962. The maximum absolute atomic E-state index is 11.7. The SMILES string of the molecule is CC(O)(CNCC(O)C(F)F)C(=O)O. The lowest BCUT2D eigenvalue weighted by atomic mass is 10.1. The van der Waals surface area contributed by atoms with Gasteiger partial charge in [-0.15, -0.1) is 0 Å². The zero-order valence-electron chi connectivity index (χ0n) is 7.57. The van der Waals surface area contributed by atoms with Gasteiger partial charge in [-0.25, -0.2) is 13.6 Å². The Balaban J connectivity index is 3.79. The topological polar surface area (TPSA) is 89.8 Å². The number of rotatable bonds is 6. The number of aliphatic carboxylic acids is 1. The number of aliphatic hydroxyl groups excluding tert-OH is 1. The van der Waals surface area contributed by atoms with Gasteiger partial charge < -0.3 is 20.6 Å². The Morgan fingerprint density at radius 1 is 1.57 bits per heavy atom. The van der Waals surface area contributed by atoms with Crippen LogP contribution in [0.4, 0.5) is 8.78 Å². The number of carboxylic acid groups (broad SMARTS) is 1. The van der Waals surface area contributed by atoms with Gasteiger partial charge in [-0.2, -0.15) is 0 Å². The summed E-state index contributed by atoms with van der Waals surface area (Å²) in [6.45, 7) is 0.143. The standard InChI is InChI=1S/C7H13F2NO4/c1-7(14,6(12)13)3-10-2-4(11)5(8)9/h4-5,10-11,14H,2-3H2,1H3,(H,12,13). The monoisotopic (exact) mass is 213 g/mol.